The molecular formula is C22H23BN6O. The molecule has 4 rings (SSSR count). The molecule has 1 aliphatic rings. The van der Waals surface area contributed by atoms with Gasteiger partial charge in [-0.2, -0.15) is 0 Å². The summed E-state index contributed by atoms with van der Waals surface area (Å²) in [4.78, 5) is 11.0. The van der Waals surface area contributed by atoms with Crippen LogP contribution < -0.4 is 5.73 Å². The van der Waals surface area contributed by atoms with E-state index in [-0.39, 0.29) is 11.7 Å². The third-order valence-corrected chi connectivity index (χ3v) is 4.92. The molecule has 0 fully saturated rings. The van der Waals surface area contributed by atoms with E-state index in [9.17, 15) is 0 Å². The molecule has 3 aromatic rings. The third kappa shape index (κ3) is 4.33. The first-order chi connectivity index (χ1) is 14.5. The largest absolute Gasteiger partial charge is 0.414 e. The summed E-state index contributed by atoms with van der Waals surface area (Å²) >= 11 is 0. The van der Waals surface area contributed by atoms with Crippen molar-refractivity contribution in [2.24, 2.45) is 5.92 Å². The number of nitrogen functional groups attached to an aromatic ring is 1. The minimum absolute atomic E-state index is 0.245. The summed E-state index contributed by atoms with van der Waals surface area (Å²) in [7, 11) is 9.80. The van der Waals surface area contributed by atoms with Gasteiger partial charge in [0.2, 0.25) is 5.89 Å². The summed E-state index contributed by atoms with van der Waals surface area (Å²) in [6, 6.07) is 8.20. The summed E-state index contributed by atoms with van der Waals surface area (Å²) in [5.74, 6) is 1.26. The van der Waals surface area contributed by atoms with Gasteiger partial charge in [0, 0.05) is 17.7 Å². The lowest BCUT2D eigenvalue weighted by Crippen LogP contribution is -2.10. The first-order valence-electron chi connectivity index (χ1n) is 9.82. The standard InChI is InChI=1S/C22H23BN6O/c1-29(2)13-15-5-7-16(8-6-15)18-12-25-20(24)19(26-18)22-28-27-21(30-22)17-9-3-14(11-23)4-10-17/h3,5-10,12,14H,4,11,13H2,1-2H3,(H2,24,25). The molecule has 0 bridgehead atoms. The van der Waals surface area contributed by atoms with E-state index in [1.807, 2.05) is 32.3 Å². The highest BCUT2D eigenvalue weighted by atomic mass is 16.4. The molecule has 0 amide bonds. The molecule has 2 N–H and O–H groups in total. The van der Waals surface area contributed by atoms with E-state index in [2.05, 4.69) is 49.4 Å². The summed E-state index contributed by atoms with van der Waals surface area (Å²) < 4.78 is 5.85. The number of nitrogens with two attached hydrogens (primary N) is 1. The Morgan fingerprint density at radius 2 is 1.93 bits per heavy atom. The van der Waals surface area contributed by atoms with Crippen LogP contribution >= 0.6 is 0 Å². The van der Waals surface area contributed by atoms with Gasteiger partial charge in [0.1, 0.15) is 0 Å². The Labute approximate surface area is 177 Å². The molecule has 0 aliphatic heterocycles. The van der Waals surface area contributed by atoms with E-state index in [1.165, 1.54) is 5.56 Å². The highest BCUT2D eigenvalue weighted by molar-refractivity contribution is 6.08. The minimum atomic E-state index is 0.245. The molecule has 1 aliphatic carbocycles. The SMILES string of the molecule is [B]CC1C=CC(c2nnc(-c3nc(-c4ccc(CN(C)C)cc4)cnc3N)o2)=CC1. The Bertz CT molecular complexity index is 1090. The average molecular weight is 398 g/mol. The van der Waals surface area contributed by atoms with Crippen LogP contribution in [0.4, 0.5) is 5.82 Å². The summed E-state index contributed by atoms with van der Waals surface area (Å²) in [5.41, 5.74) is 10.2. The van der Waals surface area contributed by atoms with Crippen molar-refractivity contribution in [3.63, 3.8) is 0 Å². The van der Waals surface area contributed by atoms with Gasteiger partial charge >= 0.3 is 0 Å². The molecule has 1 unspecified atom stereocenters. The van der Waals surface area contributed by atoms with Crippen molar-refractivity contribution in [1.29, 1.82) is 0 Å². The van der Waals surface area contributed by atoms with E-state index < -0.39 is 0 Å². The third-order valence-electron chi connectivity index (χ3n) is 4.92. The fourth-order valence-electron chi connectivity index (χ4n) is 3.27. The maximum absolute atomic E-state index is 6.05. The van der Waals surface area contributed by atoms with E-state index in [0.29, 0.717) is 29.5 Å². The van der Waals surface area contributed by atoms with Gasteiger partial charge < -0.3 is 15.1 Å². The van der Waals surface area contributed by atoms with Crippen molar-refractivity contribution in [1.82, 2.24) is 25.1 Å². The lowest BCUT2D eigenvalue weighted by atomic mass is 9.85. The van der Waals surface area contributed by atoms with Crippen molar-refractivity contribution in [2.45, 2.75) is 19.3 Å². The van der Waals surface area contributed by atoms with Gasteiger partial charge in [-0.3, -0.25) is 0 Å². The van der Waals surface area contributed by atoms with Gasteiger partial charge in [0.05, 0.1) is 19.7 Å². The Balaban J connectivity index is 1.59. The number of benzene rings is 1. The summed E-state index contributed by atoms with van der Waals surface area (Å²) in [6.07, 6.45) is 9.19. The van der Waals surface area contributed by atoms with Crippen LogP contribution in [-0.2, 0) is 6.54 Å². The molecule has 2 heterocycles. The lowest BCUT2D eigenvalue weighted by molar-refractivity contribution is 0.402. The Kier molecular flexibility index (Phi) is 5.76. The number of rotatable bonds is 6. The number of allylic oxidation sites excluding steroid dienone is 4. The van der Waals surface area contributed by atoms with Crippen LogP contribution in [0, 0.1) is 5.92 Å². The number of anilines is 1. The molecule has 1 aromatic carbocycles. The fraction of sp³-hybridized carbons (Fsp3) is 0.273. The maximum atomic E-state index is 6.05. The topological polar surface area (TPSA) is 94.0 Å². The van der Waals surface area contributed by atoms with Gasteiger partial charge in [-0.1, -0.05) is 48.8 Å². The lowest BCUT2D eigenvalue weighted by Gasteiger charge is -2.12. The van der Waals surface area contributed by atoms with Crippen LogP contribution in [-0.4, -0.2) is 47.0 Å². The van der Waals surface area contributed by atoms with Gasteiger partial charge in [0.25, 0.3) is 5.89 Å². The molecular weight excluding hydrogens is 375 g/mol. The smallest absolute Gasteiger partial charge is 0.270 e. The quantitative estimate of drug-likeness (QED) is 0.636. The number of hydrogen-bond acceptors (Lipinski definition) is 7. The zero-order valence-electron chi connectivity index (χ0n) is 17.1. The van der Waals surface area contributed by atoms with Crippen LogP contribution in [0.15, 0.2) is 53.1 Å². The van der Waals surface area contributed by atoms with E-state index >= 15 is 0 Å². The normalized spacial score (nSPS) is 16.1. The predicted octanol–water partition coefficient (Wildman–Crippen LogP) is 3.38. The van der Waals surface area contributed by atoms with Crippen molar-refractivity contribution in [3.8, 4) is 22.8 Å². The number of aromatic nitrogens is 4. The van der Waals surface area contributed by atoms with Gasteiger partial charge in [-0.15, -0.1) is 10.2 Å². The van der Waals surface area contributed by atoms with E-state index in [4.69, 9.17) is 18.0 Å². The first-order valence-corrected chi connectivity index (χ1v) is 9.82. The van der Waals surface area contributed by atoms with Crippen LogP contribution in [0.25, 0.3) is 28.4 Å². The average Bonchev–Trinajstić information content (AvgIpc) is 3.24. The molecule has 8 heteroatoms. The fourth-order valence-corrected chi connectivity index (χ4v) is 3.27. The second kappa shape index (κ2) is 8.63. The maximum Gasteiger partial charge on any atom is 0.270 e. The van der Waals surface area contributed by atoms with E-state index in [0.717, 1.165) is 24.1 Å². The van der Waals surface area contributed by atoms with Crippen molar-refractivity contribution in [3.05, 3.63) is 60.1 Å². The Morgan fingerprint density at radius 3 is 2.60 bits per heavy atom. The molecule has 2 radical (unpaired) electrons. The van der Waals surface area contributed by atoms with Crippen LogP contribution in [0.5, 0.6) is 0 Å². The highest BCUT2D eigenvalue weighted by Crippen LogP contribution is 2.29. The highest BCUT2D eigenvalue weighted by Gasteiger charge is 2.18. The minimum Gasteiger partial charge on any atom is -0.414 e. The molecule has 0 saturated heterocycles. The molecule has 0 saturated carbocycles. The van der Waals surface area contributed by atoms with Crippen LogP contribution in [0.3, 0.4) is 0 Å². The Hall–Kier alpha value is -3.26. The monoisotopic (exact) mass is 398 g/mol. The zero-order chi connectivity index (χ0) is 21.1. The molecule has 7 nitrogen and oxygen atoms in total. The van der Waals surface area contributed by atoms with Crippen LogP contribution in [0.2, 0.25) is 6.32 Å². The summed E-state index contributed by atoms with van der Waals surface area (Å²) in [5, 5.41) is 8.29. The predicted molar refractivity (Wildman–Crippen MR) is 118 cm³/mol. The molecule has 2 aromatic heterocycles. The molecule has 30 heavy (non-hydrogen) atoms. The summed E-state index contributed by atoms with van der Waals surface area (Å²) in [6.45, 7) is 0.875. The van der Waals surface area contributed by atoms with Crippen molar-refractivity contribution in [2.75, 3.05) is 19.8 Å². The number of hydrogen-bond donors (Lipinski definition) is 1. The first kappa shape index (κ1) is 20.0. The second-order valence-corrected chi connectivity index (χ2v) is 7.59. The van der Waals surface area contributed by atoms with Gasteiger partial charge in [0.15, 0.2) is 11.5 Å². The van der Waals surface area contributed by atoms with Crippen molar-refractivity contribution >= 4 is 19.2 Å². The van der Waals surface area contributed by atoms with Gasteiger partial charge in [-0.25, -0.2) is 9.97 Å². The molecule has 1 atom stereocenters. The van der Waals surface area contributed by atoms with E-state index in [1.54, 1.807) is 6.20 Å². The number of nitrogens with zero attached hydrogens (tertiary/aromatic N) is 5. The zero-order valence-corrected chi connectivity index (χ0v) is 17.1. The van der Waals surface area contributed by atoms with Crippen molar-refractivity contribution < 1.29 is 4.42 Å². The molecule has 150 valence electrons. The molecule has 0 spiro atoms. The van der Waals surface area contributed by atoms with Gasteiger partial charge in [-0.05, 0) is 32.0 Å². The Morgan fingerprint density at radius 1 is 1.17 bits per heavy atom. The van der Waals surface area contributed by atoms with Crippen LogP contribution in [0.1, 0.15) is 17.9 Å². The second-order valence-electron chi connectivity index (χ2n) is 7.59.